The highest BCUT2D eigenvalue weighted by Gasteiger charge is 2.47. The maximum atomic E-state index is 13.2. The Labute approximate surface area is 222 Å². The smallest absolute Gasteiger partial charge is 0.295 e. The number of carbonyl (C=O) groups excluding carboxylic acids is 2. The van der Waals surface area contributed by atoms with Gasteiger partial charge in [0.25, 0.3) is 11.7 Å². The maximum absolute atomic E-state index is 13.2. The van der Waals surface area contributed by atoms with Gasteiger partial charge in [0.15, 0.2) is 0 Å². The molecule has 3 aromatic rings. The normalized spacial score (nSPS) is 19.7. The van der Waals surface area contributed by atoms with Crippen molar-refractivity contribution in [1.82, 2.24) is 9.80 Å². The molecule has 1 amide bonds. The van der Waals surface area contributed by atoms with Crippen LogP contribution in [0.15, 0.2) is 76.9 Å². The van der Waals surface area contributed by atoms with E-state index in [1.807, 2.05) is 25.1 Å². The van der Waals surface area contributed by atoms with Gasteiger partial charge in [-0.1, -0.05) is 29.8 Å². The third-order valence-electron chi connectivity index (χ3n) is 6.95. The molecular formula is C30H32N2O6. The average molecular weight is 517 g/mol. The minimum atomic E-state index is -0.785. The van der Waals surface area contributed by atoms with E-state index in [1.165, 1.54) is 11.2 Å². The van der Waals surface area contributed by atoms with Crippen LogP contribution >= 0.6 is 0 Å². The molecule has 8 nitrogen and oxygen atoms in total. The van der Waals surface area contributed by atoms with Gasteiger partial charge in [0.2, 0.25) is 0 Å². The Bertz CT molecular complexity index is 1290. The van der Waals surface area contributed by atoms with Crippen molar-refractivity contribution in [2.45, 2.75) is 26.0 Å². The van der Waals surface area contributed by atoms with E-state index in [9.17, 15) is 14.7 Å². The Hall–Kier alpha value is -3.88. The minimum Gasteiger partial charge on any atom is -0.507 e. The van der Waals surface area contributed by atoms with E-state index in [2.05, 4.69) is 11.0 Å². The van der Waals surface area contributed by atoms with Crippen LogP contribution in [-0.2, 0) is 20.9 Å². The van der Waals surface area contributed by atoms with Crippen LogP contribution in [0.25, 0.3) is 5.76 Å². The number of hydrogen-bond acceptors (Lipinski definition) is 7. The zero-order chi connectivity index (χ0) is 26.5. The molecule has 2 saturated heterocycles. The molecule has 2 fully saturated rings. The van der Waals surface area contributed by atoms with Crippen molar-refractivity contribution in [2.75, 3.05) is 39.4 Å². The molecular weight excluding hydrogens is 484 g/mol. The van der Waals surface area contributed by atoms with E-state index in [0.717, 1.165) is 30.8 Å². The lowest BCUT2D eigenvalue weighted by Crippen LogP contribution is -2.38. The Kier molecular flexibility index (Phi) is 7.91. The first kappa shape index (κ1) is 25.8. The van der Waals surface area contributed by atoms with Gasteiger partial charge in [-0.05, 0) is 55.3 Å². The number of aryl methyl sites for hydroxylation is 1. The summed E-state index contributed by atoms with van der Waals surface area (Å²) >= 11 is 0. The van der Waals surface area contributed by atoms with Gasteiger partial charge in [0.1, 0.15) is 29.9 Å². The third-order valence-corrected chi connectivity index (χ3v) is 6.95. The number of aliphatic hydroxyl groups is 1. The van der Waals surface area contributed by atoms with Crippen molar-refractivity contribution in [3.05, 3.63) is 95.0 Å². The molecule has 0 radical (unpaired) electrons. The van der Waals surface area contributed by atoms with E-state index in [0.29, 0.717) is 49.9 Å². The molecule has 2 aliphatic heterocycles. The van der Waals surface area contributed by atoms with Crippen LogP contribution in [0.3, 0.4) is 0 Å². The topological polar surface area (TPSA) is 92.5 Å². The van der Waals surface area contributed by atoms with Gasteiger partial charge < -0.3 is 23.9 Å². The van der Waals surface area contributed by atoms with E-state index in [-0.39, 0.29) is 11.3 Å². The quantitative estimate of drug-likeness (QED) is 0.257. The van der Waals surface area contributed by atoms with Gasteiger partial charge >= 0.3 is 0 Å². The number of nitrogens with zero attached hydrogens (tertiary/aromatic N) is 2. The van der Waals surface area contributed by atoms with Crippen molar-refractivity contribution in [1.29, 1.82) is 0 Å². The highest BCUT2D eigenvalue weighted by atomic mass is 16.5. The van der Waals surface area contributed by atoms with Crippen LogP contribution < -0.4 is 4.74 Å². The standard InChI is InChI=1S/C30H32N2O6/c1-21-5-2-6-22(19-21)20-38-24-10-8-23(9-11-24)28(33)26-27(25-7-3-16-37-25)32(30(35)29(26)34)13-4-12-31-14-17-36-18-15-31/h2-3,5-11,16,19,27,33H,4,12-15,17-18,20H2,1H3/b28-26-. The number of rotatable bonds is 9. The molecule has 3 heterocycles. The summed E-state index contributed by atoms with van der Waals surface area (Å²) in [6.45, 7) is 6.72. The monoisotopic (exact) mass is 516 g/mol. The summed E-state index contributed by atoms with van der Waals surface area (Å²) in [5.74, 6) is -0.502. The molecule has 5 rings (SSSR count). The van der Waals surface area contributed by atoms with Crippen LogP contribution in [0.5, 0.6) is 5.75 Å². The fraction of sp³-hybridized carbons (Fsp3) is 0.333. The zero-order valence-corrected chi connectivity index (χ0v) is 21.5. The number of morpholine rings is 1. The van der Waals surface area contributed by atoms with Crippen molar-refractivity contribution >= 4 is 17.4 Å². The van der Waals surface area contributed by atoms with Crippen LogP contribution in [0, 0.1) is 6.92 Å². The number of ether oxygens (including phenoxy) is 2. The van der Waals surface area contributed by atoms with Gasteiger partial charge in [-0.25, -0.2) is 0 Å². The molecule has 2 aromatic carbocycles. The summed E-state index contributed by atoms with van der Waals surface area (Å²) < 4.78 is 16.9. The predicted octanol–water partition coefficient (Wildman–Crippen LogP) is 4.31. The number of Topliss-reactive ketones (excluding diaryl/α,β-unsaturated/α-hetero) is 1. The lowest BCUT2D eigenvalue weighted by molar-refractivity contribution is -0.140. The lowest BCUT2D eigenvalue weighted by Gasteiger charge is -2.28. The van der Waals surface area contributed by atoms with Crippen LogP contribution in [0.4, 0.5) is 0 Å². The number of aliphatic hydroxyl groups excluding tert-OH is 1. The molecule has 198 valence electrons. The second kappa shape index (κ2) is 11.7. The number of benzene rings is 2. The van der Waals surface area contributed by atoms with E-state index >= 15 is 0 Å². The Balaban J connectivity index is 1.34. The summed E-state index contributed by atoms with van der Waals surface area (Å²) in [5, 5.41) is 11.2. The first-order chi connectivity index (χ1) is 18.5. The third kappa shape index (κ3) is 5.66. The molecule has 1 atom stereocenters. The van der Waals surface area contributed by atoms with Gasteiger partial charge in [0.05, 0.1) is 25.1 Å². The summed E-state index contributed by atoms with van der Waals surface area (Å²) in [4.78, 5) is 30.0. The van der Waals surface area contributed by atoms with E-state index in [4.69, 9.17) is 13.9 Å². The highest BCUT2D eigenvalue weighted by Crippen LogP contribution is 2.39. The number of hydrogen-bond donors (Lipinski definition) is 1. The van der Waals surface area contributed by atoms with E-state index in [1.54, 1.807) is 36.4 Å². The van der Waals surface area contributed by atoms with Crippen molar-refractivity contribution in [3.63, 3.8) is 0 Å². The van der Waals surface area contributed by atoms with Crippen LogP contribution in [0.1, 0.15) is 34.9 Å². The van der Waals surface area contributed by atoms with Crippen molar-refractivity contribution in [3.8, 4) is 5.75 Å². The Morgan fingerprint density at radius 2 is 1.82 bits per heavy atom. The van der Waals surface area contributed by atoms with Crippen molar-refractivity contribution in [2.24, 2.45) is 0 Å². The fourth-order valence-electron chi connectivity index (χ4n) is 4.98. The molecule has 0 bridgehead atoms. The first-order valence-corrected chi connectivity index (χ1v) is 12.9. The first-order valence-electron chi connectivity index (χ1n) is 12.9. The molecule has 0 aliphatic carbocycles. The average Bonchev–Trinajstić information content (AvgIpc) is 3.55. The SMILES string of the molecule is Cc1cccc(COc2ccc(/C(O)=C3/C(=O)C(=O)N(CCCN4CCOCC4)C3c3ccco3)cc2)c1. The Morgan fingerprint density at radius 3 is 2.53 bits per heavy atom. The summed E-state index contributed by atoms with van der Waals surface area (Å²) in [7, 11) is 0. The second-order valence-corrected chi connectivity index (χ2v) is 9.62. The van der Waals surface area contributed by atoms with Crippen LogP contribution in [-0.4, -0.2) is 66.0 Å². The molecule has 1 unspecified atom stereocenters. The molecule has 0 spiro atoms. The summed E-state index contributed by atoms with van der Waals surface area (Å²) in [5.41, 5.74) is 2.68. The molecule has 38 heavy (non-hydrogen) atoms. The highest BCUT2D eigenvalue weighted by molar-refractivity contribution is 6.46. The van der Waals surface area contributed by atoms with Gasteiger partial charge in [-0.2, -0.15) is 0 Å². The largest absolute Gasteiger partial charge is 0.507 e. The van der Waals surface area contributed by atoms with Crippen LogP contribution in [0.2, 0.25) is 0 Å². The minimum absolute atomic E-state index is 0.0322. The van der Waals surface area contributed by atoms with E-state index < -0.39 is 17.7 Å². The lowest BCUT2D eigenvalue weighted by atomic mass is 9.99. The Morgan fingerprint density at radius 1 is 1.03 bits per heavy atom. The number of amides is 1. The van der Waals surface area contributed by atoms with Gasteiger partial charge in [-0.3, -0.25) is 14.5 Å². The fourth-order valence-corrected chi connectivity index (χ4v) is 4.98. The number of ketones is 1. The van der Waals surface area contributed by atoms with Crippen molar-refractivity contribution < 1.29 is 28.6 Å². The number of likely N-dealkylation sites (tertiary alicyclic amines) is 1. The molecule has 8 heteroatoms. The molecule has 2 aliphatic rings. The summed E-state index contributed by atoms with van der Waals surface area (Å²) in [6.07, 6.45) is 2.20. The maximum Gasteiger partial charge on any atom is 0.295 e. The predicted molar refractivity (Wildman–Crippen MR) is 142 cm³/mol. The number of furan rings is 1. The van der Waals surface area contributed by atoms with Gasteiger partial charge in [0, 0.05) is 31.7 Å². The zero-order valence-electron chi connectivity index (χ0n) is 21.5. The second-order valence-electron chi connectivity index (χ2n) is 9.62. The number of carbonyl (C=O) groups is 2. The van der Waals surface area contributed by atoms with Gasteiger partial charge in [-0.15, -0.1) is 0 Å². The summed E-state index contributed by atoms with van der Waals surface area (Å²) in [6, 6.07) is 17.6. The molecule has 1 aromatic heterocycles. The molecule has 1 N–H and O–H groups in total. The molecule has 0 saturated carbocycles.